The van der Waals surface area contributed by atoms with Crippen molar-refractivity contribution in [3.63, 3.8) is 0 Å². The Bertz CT molecular complexity index is 354. The van der Waals surface area contributed by atoms with Gasteiger partial charge in [-0.3, -0.25) is 0 Å². The van der Waals surface area contributed by atoms with Gasteiger partial charge in [-0.1, -0.05) is 0 Å². The van der Waals surface area contributed by atoms with Crippen LogP contribution in [0, 0.1) is 3.57 Å². The average molecular weight is 305 g/mol. The second kappa shape index (κ2) is 3.94. The van der Waals surface area contributed by atoms with Crippen molar-refractivity contribution >= 4 is 22.6 Å². The monoisotopic (exact) mass is 305 g/mol. The fourth-order valence-electron chi connectivity index (χ4n) is 1.64. The van der Waals surface area contributed by atoms with Gasteiger partial charge >= 0.3 is 0 Å². The van der Waals surface area contributed by atoms with Crippen molar-refractivity contribution in [1.29, 1.82) is 0 Å². The molecule has 0 amide bonds. The second-order valence-electron chi connectivity index (χ2n) is 3.24. The molecule has 2 rings (SSSR count). The third-order valence-electron chi connectivity index (χ3n) is 2.37. The first kappa shape index (κ1) is 10.0. The maximum absolute atomic E-state index is 6.03. The zero-order valence-electron chi connectivity index (χ0n) is 7.92. The van der Waals surface area contributed by atoms with Crippen LogP contribution < -0.4 is 15.2 Å². The topological polar surface area (TPSA) is 44.5 Å². The van der Waals surface area contributed by atoms with Crippen LogP contribution in [0.4, 0.5) is 0 Å². The largest absolute Gasteiger partial charge is 0.493 e. The normalized spacial score (nSPS) is 19.8. The van der Waals surface area contributed by atoms with Gasteiger partial charge in [0, 0.05) is 21.6 Å². The highest BCUT2D eigenvalue weighted by Gasteiger charge is 2.23. The maximum Gasteiger partial charge on any atom is 0.166 e. The van der Waals surface area contributed by atoms with Crippen molar-refractivity contribution < 1.29 is 9.47 Å². The molecule has 1 aliphatic rings. The van der Waals surface area contributed by atoms with Crippen LogP contribution in [0.3, 0.4) is 0 Å². The van der Waals surface area contributed by atoms with Gasteiger partial charge in [-0.25, -0.2) is 0 Å². The van der Waals surface area contributed by atoms with Gasteiger partial charge in [0.2, 0.25) is 0 Å². The lowest BCUT2D eigenvalue weighted by atomic mass is 10.0. The highest BCUT2D eigenvalue weighted by Crippen LogP contribution is 2.40. The molecule has 0 bridgehead atoms. The van der Waals surface area contributed by atoms with Crippen LogP contribution in [-0.4, -0.2) is 13.7 Å². The van der Waals surface area contributed by atoms with Gasteiger partial charge in [0.1, 0.15) is 0 Å². The van der Waals surface area contributed by atoms with E-state index in [1.807, 2.05) is 12.1 Å². The quantitative estimate of drug-likeness (QED) is 0.808. The van der Waals surface area contributed by atoms with Crippen molar-refractivity contribution in [3.8, 4) is 11.5 Å². The van der Waals surface area contributed by atoms with E-state index in [4.69, 9.17) is 15.2 Å². The lowest BCUT2D eigenvalue weighted by Gasteiger charge is -2.25. The van der Waals surface area contributed by atoms with E-state index in [2.05, 4.69) is 22.6 Å². The first-order valence-corrected chi connectivity index (χ1v) is 5.56. The highest BCUT2D eigenvalue weighted by molar-refractivity contribution is 14.1. The molecule has 1 aromatic rings. The smallest absolute Gasteiger partial charge is 0.166 e. The maximum atomic E-state index is 6.03. The Kier molecular flexibility index (Phi) is 2.83. The number of benzene rings is 1. The molecule has 0 aromatic heterocycles. The van der Waals surface area contributed by atoms with E-state index in [1.54, 1.807) is 7.11 Å². The third-order valence-corrected chi connectivity index (χ3v) is 3.31. The van der Waals surface area contributed by atoms with E-state index < -0.39 is 0 Å². The molecule has 0 radical (unpaired) electrons. The first-order valence-electron chi connectivity index (χ1n) is 4.49. The molecular formula is C10H12INO2. The number of methoxy groups -OCH3 is 1. The van der Waals surface area contributed by atoms with Gasteiger partial charge < -0.3 is 15.2 Å². The SMILES string of the molecule is COc1ccc(I)c2c1OCC[C@@H]2N. The van der Waals surface area contributed by atoms with Gasteiger partial charge in [-0.15, -0.1) is 0 Å². The number of rotatable bonds is 1. The summed E-state index contributed by atoms with van der Waals surface area (Å²) in [7, 11) is 1.64. The molecule has 1 aromatic carbocycles. The molecule has 1 heterocycles. The summed E-state index contributed by atoms with van der Waals surface area (Å²) in [5.74, 6) is 1.59. The zero-order chi connectivity index (χ0) is 10.1. The fraction of sp³-hybridized carbons (Fsp3) is 0.400. The van der Waals surface area contributed by atoms with Gasteiger partial charge in [0.05, 0.1) is 13.7 Å². The van der Waals surface area contributed by atoms with E-state index in [0.29, 0.717) is 6.61 Å². The average Bonchev–Trinajstić information content (AvgIpc) is 2.18. The molecule has 0 unspecified atom stereocenters. The summed E-state index contributed by atoms with van der Waals surface area (Å²) in [5.41, 5.74) is 7.11. The Morgan fingerprint density at radius 3 is 3.07 bits per heavy atom. The minimum atomic E-state index is 0.0701. The van der Waals surface area contributed by atoms with Crippen LogP contribution in [0.15, 0.2) is 12.1 Å². The molecule has 0 saturated heterocycles. The fourth-order valence-corrected chi connectivity index (χ4v) is 2.47. The van der Waals surface area contributed by atoms with Crippen molar-refractivity contribution in [2.24, 2.45) is 5.73 Å². The minimum absolute atomic E-state index is 0.0701. The van der Waals surface area contributed by atoms with E-state index in [0.717, 1.165) is 27.1 Å². The summed E-state index contributed by atoms with van der Waals surface area (Å²) >= 11 is 2.28. The van der Waals surface area contributed by atoms with E-state index in [-0.39, 0.29) is 6.04 Å². The number of hydrogen-bond donors (Lipinski definition) is 1. The molecule has 0 aliphatic carbocycles. The molecule has 14 heavy (non-hydrogen) atoms. The number of halogens is 1. The van der Waals surface area contributed by atoms with Gasteiger partial charge in [-0.05, 0) is 34.7 Å². The number of nitrogens with two attached hydrogens (primary N) is 1. The number of hydrogen-bond acceptors (Lipinski definition) is 3. The molecule has 3 nitrogen and oxygen atoms in total. The molecule has 4 heteroatoms. The minimum Gasteiger partial charge on any atom is -0.493 e. The summed E-state index contributed by atoms with van der Waals surface area (Å²) in [6.07, 6.45) is 0.871. The van der Waals surface area contributed by atoms with Crippen LogP contribution in [0.2, 0.25) is 0 Å². The Morgan fingerprint density at radius 1 is 1.57 bits per heavy atom. The molecule has 0 fully saturated rings. The predicted octanol–water partition coefficient (Wildman–Crippen LogP) is 2.08. The van der Waals surface area contributed by atoms with Crippen LogP contribution in [0.25, 0.3) is 0 Å². The Hall–Kier alpha value is -0.490. The highest BCUT2D eigenvalue weighted by atomic mass is 127. The molecule has 0 saturated carbocycles. The van der Waals surface area contributed by atoms with E-state index in [1.165, 1.54) is 0 Å². The zero-order valence-corrected chi connectivity index (χ0v) is 10.1. The van der Waals surface area contributed by atoms with Gasteiger partial charge in [0.25, 0.3) is 0 Å². The third kappa shape index (κ3) is 1.56. The summed E-state index contributed by atoms with van der Waals surface area (Å²) in [5, 5.41) is 0. The predicted molar refractivity (Wildman–Crippen MR) is 62.8 cm³/mol. The lowest BCUT2D eigenvalue weighted by Crippen LogP contribution is -2.22. The Balaban J connectivity index is 2.57. The standard InChI is InChI=1S/C10H12INO2/c1-13-8-3-2-6(11)9-7(12)4-5-14-10(8)9/h2-3,7H,4-5,12H2,1H3/t7-/m0/s1. The van der Waals surface area contributed by atoms with Crippen molar-refractivity contribution in [3.05, 3.63) is 21.3 Å². The lowest BCUT2D eigenvalue weighted by molar-refractivity contribution is 0.252. The molecule has 1 aliphatic heterocycles. The Morgan fingerprint density at radius 2 is 2.36 bits per heavy atom. The van der Waals surface area contributed by atoms with Gasteiger partial charge in [0.15, 0.2) is 11.5 Å². The van der Waals surface area contributed by atoms with Crippen LogP contribution in [0.1, 0.15) is 18.0 Å². The van der Waals surface area contributed by atoms with Crippen molar-refractivity contribution in [2.45, 2.75) is 12.5 Å². The summed E-state index contributed by atoms with van der Waals surface area (Å²) in [6, 6.07) is 3.99. The molecule has 0 spiro atoms. The van der Waals surface area contributed by atoms with Crippen LogP contribution in [0.5, 0.6) is 11.5 Å². The van der Waals surface area contributed by atoms with Crippen molar-refractivity contribution in [2.75, 3.05) is 13.7 Å². The van der Waals surface area contributed by atoms with Crippen LogP contribution in [-0.2, 0) is 0 Å². The number of fused-ring (bicyclic) bond motifs is 1. The molecule has 76 valence electrons. The number of ether oxygens (including phenoxy) is 2. The van der Waals surface area contributed by atoms with Crippen LogP contribution >= 0.6 is 22.6 Å². The summed E-state index contributed by atoms with van der Waals surface area (Å²) in [6.45, 7) is 0.671. The van der Waals surface area contributed by atoms with E-state index >= 15 is 0 Å². The van der Waals surface area contributed by atoms with Gasteiger partial charge in [-0.2, -0.15) is 0 Å². The molecule has 2 N–H and O–H groups in total. The molecular weight excluding hydrogens is 293 g/mol. The second-order valence-corrected chi connectivity index (χ2v) is 4.40. The summed E-state index contributed by atoms with van der Waals surface area (Å²) < 4.78 is 12.0. The Labute approximate surface area is 96.7 Å². The first-order chi connectivity index (χ1) is 6.74. The summed E-state index contributed by atoms with van der Waals surface area (Å²) in [4.78, 5) is 0. The van der Waals surface area contributed by atoms with Crippen molar-refractivity contribution in [1.82, 2.24) is 0 Å². The molecule has 1 atom stereocenters. The van der Waals surface area contributed by atoms with E-state index in [9.17, 15) is 0 Å².